The molecule has 0 radical (unpaired) electrons. The molecule has 4 heteroatoms. The van der Waals surface area contributed by atoms with Gasteiger partial charge in [-0.1, -0.05) is 18.2 Å². The van der Waals surface area contributed by atoms with Gasteiger partial charge >= 0.3 is 0 Å². The fourth-order valence-electron chi connectivity index (χ4n) is 2.70. The normalized spacial score (nSPS) is 15.2. The lowest BCUT2D eigenvalue weighted by Gasteiger charge is -2.25. The van der Waals surface area contributed by atoms with E-state index in [2.05, 4.69) is 28.6 Å². The van der Waals surface area contributed by atoms with Crippen LogP contribution in [0.25, 0.3) is 0 Å². The first-order chi connectivity index (χ1) is 9.88. The van der Waals surface area contributed by atoms with Crippen molar-refractivity contribution in [1.29, 1.82) is 0 Å². The molecule has 0 amide bonds. The van der Waals surface area contributed by atoms with Crippen LogP contribution in [-0.4, -0.2) is 11.6 Å². The lowest BCUT2D eigenvalue weighted by Crippen LogP contribution is -2.30. The van der Waals surface area contributed by atoms with E-state index in [0.717, 1.165) is 37.2 Å². The van der Waals surface area contributed by atoms with E-state index in [1.54, 1.807) is 12.4 Å². The van der Waals surface area contributed by atoms with E-state index in [0.29, 0.717) is 0 Å². The average Bonchev–Trinajstić information content (AvgIpc) is 2.53. The average molecular weight is 269 g/mol. The number of nitrogens with one attached hydrogen (secondary N) is 1. The zero-order valence-corrected chi connectivity index (χ0v) is 11.4. The highest BCUT2D eigenvalue weighted by atomic mass is 16.5. The third-order valence-electron chi connectivity index (χ3n) is 3.73. The predicted octanol–water partition coefficient (Wildman–Crippen LogP) is 2.15. The van der Waals surface area contributed by atoms with Crippen molar-refractivity contribution in [3.63, 3.8) is 0 Å². The summed E-state index contributed by atoms with van der Waals surface area (Å²) in [5.41, 5.74) is 6.54. The lowest BCUT2D eigenvalue weighted by atomic mass is 9.94. The second-order valence-electron chi connectivity index (χ2n) is 5.07. The first-order valence-electron chi connectivity index (χ1n) is 6.98. The summed E-state index contributed by atoms with van der Waals surface area (Å²) in [7, 11) is 0. The summed E-state index contributed by atoms with van der Waals surface area (Å²) in [5, 5.41) is 0. The molecule has 3 N–H and O–H groups in total. The van der Waals surface area contributed by atoms with Crippen molar-refractivity contribution in [1.82, 2.24) is 10.4 Å². The van der Waals surface area contributed by atoms with Crippen molar-refractivity contribution in [2.24, 2.45) is 5.84 Å². The van der Waals surface area contributed by atoms with Crippen molar-refractivity contribution < 1.29 is 4.74 Å². The highest BCUT2D eigenvalue weighted by Gasteiger charge is 2.20. The van der Waals surface area contributed by atoms with Gasteiger partial charge in [-0.2, -0.15) is 0 Å². The summed E-state index contributed by atoms with van der Waals surface area (Å²) in [5.74, 6) is 6.77. The molecule has 1 unspecified atom stereocenters. The maximum Gasteiger partial charge on any atom is 0.127 e. The minimum Gasteiger partial charge on any atom is -0.493 e. The molecule has 1 aromatic carbocycles. The van der Waals surface area contributed by atoms with E-state index in [4.69, 9.17) is 10.6 Å². The van der Waals surface area contributed by atoms with Crippen LogP contribution in [0.2, 0.25) is 0 Å². The second kappa shape index (κ2) is 6.03. The Morgan fingerprint density at radius 2 is 2.10 bits per heavy atom. The number of nitrogens with two attached hydrogens (primary N) is 1. The lowest BCUT2D eigenvalue weighted by molar-refractivity contribution is 0.281. The number of hydrogen-bond donors (Lipinski definition) is 2. The Morgan fingerprint density at radius 3 is 2.90 bits per heavy atom. The number of hydrogen-bond acceptors (Lipinski definition) is 4. The van der Waals surface area contributed by atoms with Crippen molar-refractivity contribution >= 4 is 0 Å². The van der Waals surface area contributed by atoms with Gasteiger partial charge < -0.3 is 4.74 Å². The third-order valence-corrected chi connectivity index (χ3v) is 3.73. The molecular weight excluding hydrogens is 250 g/mol. The molecule has 104 valence electrons. The summed E-state index contributed by atoms with van der Waals surface area (Å²) in [4.78, 5) is 4.05. The molecule has 4 nitrogen and oxygen atoms in total. The Balaban J connectivity index is 1.90. The molecule has 0 aliphatic carbocycles. The molecule has 2 aromatic rings. The molecule has 1 aliphatic heterocycles. The Hall–Kier alpha value is -1.91. The van der Waals surface area contributed by atoms with Gasteiger partial charge in [0.2, 0.25) is 0 Å². The summed E-state index contributed by atoms with van der Waals surface area (Å²) >= 11 is 0. The van der Waals surface area contributed by atoms with Crippen LogP contribution in [0.1, 0.15) is 29.2 Å². The highest BCUT2D eigenvalue weighted by molar-refractivity contribution is 5.45. The van der Waals surface area contributed by atoms with Gasteiger partial charge in [-0.3, -0.25) is 16.3 Å². The van der Waals surface area contributed by atoms with Crippen LogP contribution >= 0.6 is 0 Å². The van der Waals surface area contributed by atoms with Gasteiger partial charge in [-0.15, -0.1) is 0 Å². The molecule has 3 rings (SSSR count). The van der Waals surface area contributed by atoms with Crippen LogP contribution in [0.4, 0.5) is 0 Å². The van der Waals surface area contributed by atoms with E-state index in [-0.39, 0.29) is 6.04 Å². The third kappa shape index (κ3) is 2.66. The van der Waals surface area contributed by atoms with E-state index < -0.39 is 0 Å². The Bertz CT molecular complexity index is 571. The Labute approximate surface area is 119 Å². The molecule has 2 heterocycles. The van der Waals surface area contributed by atoms with Gasteiger partial charge in [0.1, 0.15) is 5.75 Å². The van der Waals surface area contributed by atoms with E-state index >= 15 is 0 Å². The van der Waals surface area contributed by atoms with Gasteiger partial charge in [-0.25, -0.2) is 0 Å². The number of rotatable bonds is 4. The maximum atomic E-state index is 5.87. The summed E-state index contributed by atoms with van der Waals surface area (Å²) in [6.45, 7) is 0.788. The predicted molar refractivity (Wildman–Crippen MR) is 78.3 cm³/mol. The quantitative estimate of drug-likeness (QED) is 0.659. The maximum absolute atomic E-state index is 5.87. The summed E-state index contributed by atoms with van der Waals surface area (Å²) in [6, 6.07) is 10.4. The van der Waals surface area contributed by atoms with Crippen molar-refractivity contribution in [3.8, 4) is 5.75 Å². The van der Waals surface area contributed by atoms with Crippen LogP contribution in [0.3, 0.4) is 0 Å². The molecular formula is C16H19N3O. The van der Waals surface area contributed by atoms with E-state index in [9.17, 15) is 0 Å². The number of pyridine rings is 1. The molecule has 0 bridgehead atoms. The molecule has 1 atom stereocenters. The van der Waals surface area contributed by atoms with Gasteiger partial charge in [0.05, 0.1) is 12.6 Å². The van der Waals surface area contributed by atoms with Gasteiger partial charge in [-0.05, 0) is 42.5 Å². The van der Waals surface area contributed by atoms with Crippen LogP contribution in [0.5, 0.6) is 5.75 Å². The number of hydrazine groups is 1. The smallest absolute Gasteiger partial charge is 0.127 e. The number of fused-ring (bicyclic) bond motifs is 1. The number of para-hydroxylation sites is 1. The number of aromatic nitrogens is 1. The molecule has 0 fully saturated rings. The summed E-state index contributed by atoms with van der Waals surface area (Å²) < 4.78 is 5.87. The fraction of sp³-hybridized carbons (Fsp3) is 0.312. The van der Waals surface area contributed by atoms with Crippen LogP contribution < -0.4 is 16.0 Å². The number of ether oxygens (including phenoxy) is 1. The first kappa shape index (κ1) is 13.1. The molecule has 0 saturated carbocycles. The zero-order valence-electron chi connectivity index (χ0n) is 11.4. The zero-order chi connectivity index (χ0) is 13.8. The van der Waals surface area contributed by atoms with Crippen LogP contribution in [0.15, 0.2) is 42.7 Å². The van der Waals surface area contributed by atoms with E-state index in [1.165, 1.54) is 11.1 Å². The van der Waals surface area contributed by atoms with Crippen molar-refractivity contribution in [2.75, 3.05) is 6.61 Å². The minimum atomic E-state index is 0.0467. The van der Waals surface area contributed by atoms with Gasteiger partial charge in [0.25, 0.3) is 0 Å². The number of nitrogens with zero attached hydrogens (tertiary/aromatic N) is 1. The number of aryl methyl sites for hydroxylation is 1. The number of benzene rings is 1. The Kier molecular flexibility index (Phi) is 3.95. The monoisotopic (exact) mass is 269 g/mol. The molecule has 20 heavy (non-hydrogen) atoms. The fourth-order valence-corrected chi connectivity index (χ4v) is 2.70. The largest absolute Gasteiger partial charge is 0.493 e. The minimum absolute atomic E-state index is 0.0467. The standard InChI is InChI=1S/C16H19N3O/c17-19-15(11-12-6-8-18-9-7-12)14-5-1-3-13-4-2-10-20-16(13)14/h1,3,5-9,15,19H,2,4,10-11,17H2. The van der Waals surface area contributed by atoms with Crippen molar-refractivity contribution in [2.45, 2.75) is 25.3 Å². The van der Waals surface area contributed by atoms with E-state index in [1.807, 2.05) is 12.1 Å². The Morgan fingerprint density at radius 1 is 1.25 bits per heavy atom. The van der Waals surface area contributed by atoms with Gasteiger partial charge in [0, 0.05) is 18.0 Å². The molecule has 0 spiro atoms. The molecule has 1 aliphatic rings. The molecule has 1 aromatic heterocycles. The second-order valence-corrected chi connectivity index (χ2v) is 5.07. The van der Waals surface area contributed by atoms with Crippen molar-refractivity contribution in [3.05, 3.63) is 59.4 Å². The van der Waals surface area contributed by atoms with Crippen LogP contribution in [-0.2, 0) is 12.8 Å². The highest BCUT2D eigenvalue weighted by Crippen LogP contribution is 2.33. The topological polar surface area (TPSA) is 60.2 Å². The summed E-state index contributed by atoms with van der Waals surface area (Å²) in [6.07, 6.45) is 6.59. The SMILES string of the molecule is NNC(Cc1ccncc1)c1cccc2c1OCCC2. The van der Waals surface area contributed by atoms with Gasteiger partial charge in [0.15, 0.2) is 0 Å². The van der Waals surface area contributed by atoms with Crippen LogP contribution in [0, 0.1) is 0 Å². The first-order valence-corrected chi connectivity index (χ1v) is 6.98. The molecule has 0 saturated heterocycles.